The molecule has 0 fully saturated rings. The Labute approximate surface area is 221 Å². The normalized spacial score (nSPS) is 10.9. The molecule has 0 aromatic heterocycles. The Morgan fingerprint density at radius 1 is 0.703 bits per heavy atom. The topological polar surface area (TPSA) is 64.6 Å². The highest BCUT2D eigenvalue weighted by molar-refractivity contribution is 8.00. The van der Waals surface area contributed by atoms with Gasteiger partial charge in [0.25, 0.3) is 0 Å². The zero-order chi connectivity index (χ0) is 25.9. The summed E-state index contributed by atoms with van der Waals surface area (Å²) in [4.78, 5) is 24.9. The molecule has 0 heterocycles. The molecule has 4 aromatic rings. The average Bonchev–Trinajstić information content (AvgIpc) is 2.96. The Morgan fingerprint density at radius 2 is 1.16 bits per heavy atom. The van der Waals surface area contributed by atoms with Gasteiger partial charge in [0.2, 0.25) is 5.91 Å². The molecule has 0 bridgehead atoms. The van der Waals surface area contributed by atoms with Crippen LogP contribution in [0.2, 0.25) is 0 Å². The molecule has 0 aliphatic carbocycles. The van der Waals surface area contributed by atoms with E-state index in [2.05, 4.69) is 41.7 Å². The summed E-state index contributed by atoms with van der Waals surface area (Å²) in [6.07, 6.45) is 0.251. The first-order valence-corrected chi connectivity index (χ1v) is 13.0. The fourth-order valence-corrected chi connectivity index (χ4v) is 5.69. The lowest BCUT2D eigenvalue weighted by molar-refractivity contribution is -0.135. The standard InChI is InChI=1S/C31H29NO4S/c1-35-27-19-11-12-20-28(27)36-30(34)23-32-29(33)21-22-37-31(24-13-5-2-6-14-24,25-15-7-3-8-16-25)26-17-9-4-10-18-26/h2-20H,21-23H2,1H3,(H,32,33). The first-order valence-electron chi connectivity index (χ1n) is 12.0. The summed E-state index contributed by atoms with van der Waals surface area (Å²) in [5, 5.41) is 2.68. The zero-order valence-corrected chi connectivity index (χ0v) is 21.4. The van der Waals surface area contributed by atoms with Crippen molar-refractivity contribution < 1.29 is 19.1 Å². The van der Waals surface area contributed by atoms with Gasteiger partial charge in [-0.25, -0.2) is 4.79 Å². The van der Waals surface area contributed by atoms with E-state index in [1.807, 2.05) is 54.6 Å². The molecule has 5 nitrogen and oxygen atoms in total. The van der Waals surface area contributed by atoms with E-state index < -0.39 is 10.7 Å². The van der Waals surface area contributed by atoms with Gasteiger partial charge in [-0.2, -0.15) is 0 Å². The lowest BCUT2D eigenvalue weighted by Gasteiger charge is -2.35. The maximum absolute atomic E-state index is 12.7. The maximum Gasteiger partial charge on any atom is 0.330 e. The van der Waals surface area contributed by atoms with Gasteiger partial charge in [-0.1, -0.05) is 103 Å². The number of hydrogen-bond acceptors (Lipinski definition) is 5. The van der Waals surface area contributed by atoms with E-state index in [1.54, 1.807) is 36.0 Å². The predicted octanol–water partition coefficient (Wildman–Crippen LogP) is 5.83. The summed E-state index contributed by atoms with van der Waals surface area (Å²) in [6.45, 7) is -0.219. The first kappa shape index (κ1) is 26.0. The molecule has 0 saturated carbocycles. The minimum Gasteiger partial charge on any atom is -0.493 e. The van der Waals surface area contributed by atoms with Crippen molar-refractivity contribution in [3.8, 4) is 11.5 Å². The predicted molar refractivity (Wildman–Crippen MR) is 148 cm³/mol. The molecule has 1 amide bonds. The Bertz CT molecular complexity index is 1200. The van der Waals surface area contributed by atoms with E-state index in [0.717, 1.165) is 16.7 Å². The van der Waals surface area contributed by atoms with Crippen LogP contribution in [0.4, 0.5) is 0 Å². The van der Waals surface area contributed by atoms with Gasteiger partial charge >= 0.3 is 5.97 Å². The van der Waals surface area contributed by atoms with Gasteiger partial charge in [0.1, 0.15) is 6.54 Å². The molecule has 0 saturated heterocycles. The van der Waals surface area contributed by atoms with Crippen LogP contribution in [-0.4, -0.2) is 31.3 Å². The second-order valence-corrected chi connectivity index (χ2v) is 9.59. The molecular formula is C31H29NO4S. The quantitative estimate of drug-likeness (QED) is 0.156. The molecule has 0 aliphatic rings. The number of ether oxygens (including phenoxy) is 2. The Kier molecular flexibility index (Phi) is 9.00. The third-order valence-corrected chi connectivity index (χ3v) is 7.46. The molecule has 0 unspecified atom stereocenters. The monoisotopic (exact) mass is 511 g/mol. The Morgan fingerprint density at radius 3 is 1.65 bits per heavy atom. The third-order valence-electron chi connectivity index (χ3n) is 5.91. The van der Waals surface area contributed by atoms with Crippen LogP contribution in [0.1, 0.15) is 23.1 Å². The largest absolute Gasteiger partial charge is 0.493 e. The number of hydrogen-bond donors (Lipinski definition) is 1. The van der Waals surface area contributed by atoms with Crippen LogP contribution < -0.4 is 14.8 Å². The molecule has 188 valence electrons. The van der Waals surface area contributed by atoms with E-state index in [0.29, 0.717) is 17.3 Å². The number of amides is 1. The number of para-hydroxylation sites is 2. The third kappa shape index (κ3) is 6.40. The molecule has 37 heavy (non-hydrogen) atoms. The van der Waals surface area contributed by atoms with Gasteiger partial charge in [-0.05, 0) is 28.8 Å². The van der Waals surface area contributed by atoms with Crippen LogP contribution in [0, 0.1) is 0 Å². The van der Waals surface area contributed by atoms with Gasteiger partial charge in [-0.15, -0.1) is 11.8 Å². The SMILES string of the molecule is COc1ccccc1OC(=O)CNC(=O)CCSC(c1ccccc1)(c1ccccc1)c1ccccc1. The van der Waals surface area contributed by atoms with Crippen molar-refractivity contribution >= 4 is 23.6 Å². The summed E-state index contributed by atoms with van der Waals surface area (Å²) >= 11 is 1.70. The fraction of sp³-hybridized carbons (Fsp3) is 0.161. The van der Waals surface area contributed by atoms with Crippen molar-refractivity contribution in [1.29, 1.82) is 0 Å². The number of nitrogens with one attached hydrogen (secondary N) is 1. The molecule has 0 spiro atoms. The molecule has 0 radical (unpaired) electrons. The van der Waals surface area contributed by atoms with E-state index >= 15 is 0 Å². The number of benzene rings is 4. The minimum atomic E-state index is -0.558. The molecule has 1 N–H and O–H groups in total. The zero-order valence-electron chi connectivity index (χ0n) is 20.6. The molecule has 0 aliphatic heterocycles. The highest BCUT2D eigenvalue weighted by Crippen LogP contribution is 2.48. The van der Waals surface area contributed by atoms with E-state index in [4.69, 9.17) is 9.47 Å². The second kappa shape index (κ2) is 12.8. The number of esters is 1. The van der Waals surface area contributed by atoms with Gasteiger partial charge in [0.05, 0.1) is 11.9 Å². The number of rotatable bonds is 11. The van der Waals surface area contributed by atoms with Crippen LogP contribution in [0.5, 0.6) is 11.5 Å². The van der Waals surface area contributed by atoms with Crippen molar-refractivity contribution in [2.75, 3.05) is 19.4 Å². The van der Waals surface area contributed by atoms with E-state index in [1.165, 1.54) is 7.11 Å². The van der Waals surface area contributed by atoms with Gasteiger partial charge < -0.3 is 14.8 Å². The van der Waals surface area contributed by atoms with Crippen molar-refractivity contribution in [3.05, 3.63) is 132 Å². The Hall–Kier alpha value is -4.03. The van der Waals surface area contributed by atoms with Crippen LogP contribution in [-0.2, 0) is 14.3 Å². The highest BCUT2D eigenvalue weighted by Gasteiger charge is 2.36. The minimum absolute atomic E-state index is 0.215. The number of thioether (sulfide) groups is 1. The summed E-state index contributed by atoms with van der Waals surface area (Å²) in [5.41, 5.74) is 3.41. The second-order valence-electron chi connectivity index (χ2n) is 8.28. The highest BCUT2D eigenvalue weighted by atomic mass is 32.2. The molecule has 4 aromatic carbocycles. The van der Waals surface area contributed by atoms with Crippen LogP contribution in [0.15, 0.2) is 115 Å². The molecule has 4 rings (SSSR count). The maximum atomic E-state index is 12.7. The average molecular weight is 512 g/mol. The van der Waals surface area contributed by atoms with Gasteiger partial charge in [0.15, 0.2) is 11.5 Å². The van der Waals surface area contributed by atoms with Crippen molar-refractivity contribution in [3.63, 3.8) is 0 Å². The summed E-state index contributed by atoms with van der Waals surface area (Å²) in [6, 6.07) is 37.9. The van der Waals surface area contributed by atoms with Gasteiger partial charge in [-0.3, -0.25) is 4.79 Å². The smallest absolute Gasteiger partial charge is 0.330 e. The fourth-order valence-electron chi connectivity index (χ4n) is 4.19. The molecular weight excluding hydrogens is 482 g/mol. The summed E-state index contributed by atoms with van der Waals surface area (Å²) in [5.74, 6) is 0.549. The summed E-state index contributed by atoms with van der Waals surface area (Å²) < 4.78 is 10.0. The van der Waals surface area contributed by atoms with Crippen LogP contribution in [0.25, 0.3) is 0 Å². The van der Waals surface area contributed by atoms with Crippen LogP contribution in [0.3, 0.4) is 0 Å². The van der Waals surface area contributed by atoms with Crippen molar-refractivity contribution in [2.24, 2.45) is 0 Å². The molecule has 6 heteroatoms. The number of methoxy groups -OCH3 is 1. The van der Waals surface area contributed by atoms with E-state index in [9.17, 15) is 9.59 Å². The number of carbonyl (C=O) groups excluding carboxylic acids is 2. The lowest BCUT2D eigenvalue weighted by atomic mass is 9.84. The number of carbonyl (C=O) groups is 2. The lowest BCUT2D eigenvalue weighted by Crippen LogP contribution is -2.32. The van der Waals surface area contributed by atoms with Crippen molar-refractivity contribution in [2.45, 2.75) is 11.2 Å². The van der Waals surface area contributed by atoms with Crippen molar-refractivity contribution in [1.82, 2.24) is 5.32 Å². The van der Waals surface area contributed by atoms with Gasteiger partial charge in [0, 0.05) is 12.2 Å². The van der Waals surface area contributed by atoms with E-state index in [-0.39, 0.29) is 18.9 Å². The molecule has 0 atom stereocenters. The summed E-state index contributed by atoms with van der Waals surface area (Å²) in [7, 11) is 1.51. The first-order chi connectivity index (χ1) is 18.1. The Balaban J connectivity index is 1.45. The van der Waals surface area contributed by atoms with Crippen LogP contribution >= 0.6 is 11.8 Å².